The molecule has 0 atom stereocenters. The molecule has 1 rings (SSSR count). The highest BCUT2D eigenvalue weighted by Gasteiger charge is 2.29. The van der Waals surface area contributed by atoms with E-state index in [4.69, 9.17) is 9.84 Å². The van der Waals surface area contributed by atoms with Crippen LogP contribution in [0.2, 0.25) is 0 Å². The van der Waals surface area contributed by atoms with Gasteiger partial charge in [0.05, 0.1) is 0 Å². The monoisotopic (exact) mass is 318 g/mol. The van der Waals surface area contributed by atoms with Crippen molar-refractivity contribution in [2.24, 2.45) is 0 Å². The molecule has 0 aliphatic heterocycles. The van der Waals surface area contributed by atoms with Gasteiger partial charge < -0.3 is 30.5 Å². The second-order valence-electron chi connectivity index (χ2n) is 4.64. The Balaban J connectivity index is 3.32. The van der Waals surface area contributed by atoms with Gasteiger partial charge in [-0.25, -0.2) is 0 Å². The van der Waals surface area contributed by atoms with Gasteiger partial charge in [-0.15, -0.1) is 0 Å². The first-order valence-corrected chi connectivity index (χ1v) is 6.44. The van der Waals surface area contributed by atoms with Crippen molar-refractivity contribution in [2.75, 3.05) is 49.1 Å². The molecule has 0 aliphatic carbocycles. The third kappa shape index (κ3) is 4.11. The second-order valence-corrected chi connectivity index (χ2v) is 4.64. The van der Waals surface area contributed by atoms with Crippen molar-refractivity contribution in [1.82, 2.24) is 15.0 Å². The molecule has 11 nitrogen and oxygen atoms in total. The summed E-state index contributed by atoms with van der Waals surface area (Å²) in [4.78, 5) is 14.5. The van der Waals surface area contributed by atoms with Gasteiger partial charge in [-0.3, -0.25) is 9.80 Å². The molecule has 0 saturated heterocycles. The smallest absolute Gasteiger partial charge is 0.236 e. The Morgan fingerprint density at radius 3 is 2.05 bits per heavy atom. The van der Waals surface area contributed by atoms with Crippen molar-refractivity contribution in [2.45, 2.75) is 19.6 Å². The first-order chi connectivity index (χ1) is 10.4. The zero-order chi connectivity index (χ0) is 16.8. The minimum absolute atomic E-state index is 0.0137. The molecule has 1 heterocycles. The molecule has 0 unspecified atom stereocenters. The lowest BCUT2D eigenvalue weighted by Crippen LogP contribution is -2.47. The van der Waals surface area contributed by atoms with E-state index in [0.29, 0.717) is 0 Å². The average Bonchev–Trinajstić information content (AvgIpc) is 2.49. The van der Waals surface area contributed by atoms with Gasteiger partial charge in [-0.05, 0) is 13.8 Å². The molecule has 0 bridgehead atoms. The van der Waals surface area contributed by atoms with Crippen LogP contribution in [-0.2, 0) is 4.74 Å². The number of ether oxygens (including phenoxy) is 1. The maximum atomic E-state index is 9.57. The van der Waals surface area contributed by atoms with Gasteiger partial charge >= 0.3 is 0 Å². The van der Waals surface area contributed by atoms with Gasteiger partial charge in [0, 0.05) is 7.11 Å². The molecule has 0 amide bonds. The number of hydrogen-bond donors (Lipinski definition) is 5. The van der Waals surface area contributed by atoms with Crippen LogP contribution in [0.5, 0.6) is 0 Å². The van der Waals surface area contributed by atoms with Gasteiger partial charge in [-0.2, -0.15) is 15.0 Å². The van der Waals surface area contributed by atoms with Crippen molar-refractivity contribution in [3.8, 4) is 0 Å². The van der Waals surface area contributed by atoms with Crippen molar-refractivity contribution >= 4 is 17.8 Å². The van der Waals surface area contributed by atoms with Crippen LogP contribution >= 0.6 is 0 Å². The van der Waals surface area contributed by atoms with E-state index in [1.807, 2.05) is 0 Å². The van der Waals surface area contributed by atoms with Crippen LogP contribution in [0, 0.1) is 0 Å². The topological polar surface area (TPSA) is 147 Å². The molecule has 0 aromatic carbocycles. The summed E-state index contributed by atoms with van der Waals surface area (Å²) < 4.78 is 5.28. The summed E-state index contributed by atoms with van der Waals surface area (Å²) in [5.74, 6) is 0.0262. The Morgan fingerprint density at radius 1 is 1.00 bits per heavy atom. The number of hydrogen-bond acceptors (Lipinski definition) is 11. The number of aliphatic hydroxyl groups excluding tert-OH is 4. The Morgan fingerprint density at radius 2 is 1.59 bits per heavy atom. The number of methoxy groups -OCH3 is 1. The fraction of sp³-hybridized carbons (Fsp3) is 0.727. The Labute approximate surface area is 127 Å². The maximum absolute atomic E-state index is 9.57. The van der Waals surface area contributed by atoms with Crippen LogP contribution in [0.4, 0.5) is 17.8 Å². The highest BCUT2D eigenvalue weighted by atomic mass is 16.5. The summed E-state index contributed by atoms with van der Waals surface area (Å²) in [5.41, 5.74) is -0.923. The van der Waals surface area contributed by atoms with Gasteiger partial charge in [0.25, 0.3) is 0 Å². The molecule has 5 N–H and O–H groups in total. The Kier molecular flexibility index (Phi) is 6.64. The summed E-state index contributed by atoms with van der Waals surface area (Å²) in [6.45, 7) is 1.48. The molecular formula is C11H22N6O5. The van der Waals surface area contributed by atoms with E-state index < -0.39 is 32.6 Å². The van der Waals surface area contributed by atoms with Crippen LogP contribution in [-0.4, -0.2) is 75.1 Å². The molecule has 0 saturated carbocycles. The molecule has 0 fully saturated rings. The summed E-state index contributed by atoms with van der Waals surface area (Å²) >= 11 is 0. The van der Waals surface area contributed by atoms with E-state index in [0.717, 1.165) is 4.90 Å². The van der Waals surface area contributed by atoms with Gasteiger partial charge in [0.1, 0.15) is 32.6 Å². The van der Waals surface area contributed by atoms with Crippen molar-refractivity contribution in [3.05, 3.63) is 0 Å². The van der Waals surface area contributed by atoms with Crippen LogP contribution in [0.3, 0.4) is 0 Å². The van der Waals surface area contributed by atoms with E-state index in [9.17, 15) is 15.3 Å². The van der Waals surface area contributed by atoms with Crippen LogP contribution < -0.4 is 15.1 Å². The van der Waals surface area contributed by atoms with Crippen LogP contribution in [0.1, 0.15) is 13.8 Å². The van der Waals surface area contributed by atoms with Crippen molar-refractivity contribution in [3.63, 3.8) is 0 Å². The normalized spacial score (nSPS) is 11.4. The van der Waals surface area contributed by atoms with Crippen molar-refractivity contribution < 1.29 is 25.2 Å². The number of rotatable bonds is 9. The average molecular weight is 318 g/mol. The van der Waals surface area contributed by atoms with E-state index in [2.05, 4.69) is 20.3 Å². The zero-order valence-electron chi connectivity index (χ0n) is 12.8. The fourth-order valence-electron chi connectivity index (χ4n) is 1.52. The van der Waals surface area contributed by atoms with Crippen molar-refractivity contribution in [1.29, 1.82) is 0 Å². The Hall–Kier alpha value is -1.79. The summed E-state index contributed by atoms with van der Waals surface area (Å²) in [5, 5.41) is 39.4. The van der Waals surface area contributed by atoms with E-state index in [-0.39, 0.29) is 17.8 Å². The summed E-state index contributed by atoms with van der Waals surface area (Å²) in [6.07, 6.45) is 0. The predicted octanol–water partition coefficient (Wildman–Crippen LogP) is -1.92. The molecule has 0 aliphatic rings. The molecule has 22 heavy (non-hydrogen) atoms. The van der Waals surface area contributed by atoms with Gasteiger partial charge in [-0.1, -0.05) is 0 Å². The molecule has 11 heteroatoms. The standard InChI is InChI=1S/C11H22N6O5/c1-11(2,22-3)17(7-21)10-14-8(12-4-18)13-9(15-10)16(5-19)6-20/h18-21H,4-7H2,1-3H3,(H,12,13,14,15). The quantitative estimate of drug-likeness (QED) is 0.324. The van der Waals surface area contributed by atoms with Crippen LogP contribution in [0.25, 0.3) is 0 Å². The predicted molar refractivity (Wildman–Crippen MR) is 77.8 cm³/mol. The lowest BCUT2D eigenvalue weighted by atomic mass is 10.3. The molecule has 0 radical (unpaired) electrons. The third-order valence-corrected chi connectivity index (χ3v) is 3.01. The van der Waals surface area contributed by atoms with Gasteiger partial charge in [0.2, 0.25) is 17.8 Å². The first-order valence-electron chi connectivity index (χ1n) is 6.44. The molecule has 1 aromatic heterocycles. The van der Waals surface area contributed by atoms with Gasteiger partial charge in [0.15, 0.2) is 0 Å². The largest absolute Gasteiger partial charge is 0.376 e. The van der Waals surface area contributed by atoms with E-state index in [1.54, 1.807) is 13.8 Å². The number of nitrogens with zero attached hydrogens (tertiary/aromatic N) is 5. The van der Waals surface area contributed by atoms with E-state index >= 15 is 0 Å². The second kappa shape index (κ2) is 8.00. The minimum atomic E-state index is -0.923. The number of anilines is 3. The minimum Gasteiger partial charge on any atom is -0.376 e. The molecule has 1 aromatic rings. The summed E-state index contributed by atoms with van der Waals surface area (Å²) in [7, 11) is 1.46. The maximum Gasteiger partial charge on any atom is 0.236 e. The summed E-state index contributed by atoms with van der Waals surface area (Å²) in [6, 6.07) is 0. The number of nitrogens with one attached hydrogen (secondary N) is 1. The third-order valence-electron chi connectivity index (χ3n) is 3.01. The highest BCUT2D eigenvalue weighted by Crippen LogP contribution is 2.23. The molecule has 0 spiro atoms. The van der Waals surface area contributed by atoms with Crippen LogP contribution in [0.15, 0.2) is 0 Å². The van der Waals surface area contributed by atoms with E-state index in [1.165, 1.54) is 12.0 Å². The lowest BCUT2D eigenvalue weighted by Gasteiger charge is -2.35. The molecular weight excluding hydrogens is 296 g/mol. The number of aromatic nitrogens is 3. The number of aliphatic hydroxyl groups is 4. The zero-order valence-corrected chi connectivity index (χ0v) is 12.8. The molecule has 126 valence electrons. The first kappa shape index (κ1) is 18.3. The fourth-order valence-corrected chi connectivity index (χ4v) is 1.52. The highest BCUT2D eigenvalue weighted by molar-refractivity contribution is 5.45. The lowest BCUT2D eigenvalue weighted by molar-refractivity contribution is 0.00440. The SMILES string of the molecule is COC(C)(C)N(CO)c1nc(NCO)nc(N(CO)CO)n1. The Bertz CT molecular complexity index is 470.